The fourth-order valence-corrected chi connectivity index (χ4v) is 4.33. The van der Waals surface area contributed by atoms with E-state index in [2.05, 4.69) is 20.3 Å². The largest absolute Gasteiger partial charge is 0.497 e. The molecular formula is C27H29FN6O3. The van der Waals surface area contributed by atoms with Crippen molar-refractivity contribution in [3.63, 3.8) is 0 Å². The summed E-state index contributed by atoms with van der Waals surface area (Å²) in [4.78, 5) is 30.9. The highest BCUT2D eigenvalue weighted by Crippen LogP contribution is 2.31. The molecule has 37 heavy (non-hydrogen) atoms. The second kappa shape index (κ2) is 9.68. The van der Waals surface area contributed by atoms with Crippen molar-refractivity contribution >= 4 is 22.8 Å². The molecule has 0 unspecified atom stereocenters. The average Bonchev–Trinajstić information content (AvgIpc) is 3.47. The number of rotatable bonds is 6. The Morgan fingerprint density at radius 1 is 1.19 bits per heavy atom. The normalized spacial score (nSPS) is 13.1. The third-order valence-electron chi connectivity index (χ3n) is 6.06. The number of hydrogen-bond acceptors (Lipinski definition) is 7. The summed E-state index contributed by atoms with van der Waals surface area (Å²) in [6.45, 7) is 6.68. The molecule has 1 amide bonds. The highest BCUT2D eigenvalue weighted by Gasteiger charge is 2.31. The number of aromatic nitrogens is 4. The first-order chi connectivity index (χ1) is 17.7. The Balaban J connectivity index is 1.40. The number of methoxy groups -OCH3 is 1. The molecule has 0 aliphatic carbocycles. The Morgan fingerprint density at radius 2 is 2.03 bits per heavy atom. The minimum atomic E-state index is -0.611. The number of carbonyl (C=O) groups is 1. The van der Waals surface area contributed by atoms with Crippen LogP contribution in [0.5, 0.6) is 5.75 Å². The Bertz CT molecular complexity index is 1460. The Hall–Kier alpha value is -4.21. The molecule has 0 spiro atoms. The van der Waals surface area contributed by atoms with E-state index in [0.29, 0.717) is 36.0 Å². The minimum absolute atomic E-state index is 0.279. The number of aromatic amines is 1. The maximum Gasteiger partial charge on any atom is 0.410 e. The van der Waals surface area contributed by atoms with Crippen LogP contribution < -0.4 is 10.1 Å². The summed E-state index contributed by atoms with van der Waals surface area (Å²) in [6.07, 6.45) is 4.97. The van der Waals surface area contributed by atoms with E-state index in [1.165, 1.54) is 12.3 Å². The van der Waals surface area contributed by atoms with Gasteiger partial charge in [-0.25, -0.2) is 19.2 Å². The number of halogens is 1. The van der Waals surface area contributed by atoms with E-state index in [4.69, 9.17) is 14.5 Å². The number of carbonyl (C=O) groups excluding carboxylic acids is 1. The van der Waals surface area contributed by atoms with Crippen LogP contribution in [0.3, 0.4) is 0 Å². The molecule has 0 saturated carbocycles. The summed E-state index contributed by atoms with van der Waals surface area (Å²) in [6, 6.07) is 7.29. The summed E-state index contributed by atoms with van der Waals surface area (Å²) in [5.74, 6) is 1.28. The first-order valence-corrected chi connectivity index (χ1v) is 12.1. The van der Waals surface area contributed by atoms with Crippen LogP contribution in [0.4, 0.5) is 15.0 Å². The number of nitrogens with zero attached hydrogens (tertiary/aromatic N) is 4. The average molecular weight is 505 g/mol. The third-order valence-corrected chi connectivity index (χ3v) is 6.06. The summed E-state index contributed by atoms with van der Waals surface area (Å²) >= 11 is 0. The Morgan fingerprint density at radius 3 is 2.78 bits per heavy atom. The van der Waals surface area contributed by atoms with Crippen molar-refractivity contribution < 1.29 is 18.7 Å². The summed E-state index contributed by atoms with van der Waals surface area (Å²) in [5.41, 5.74) is 3.53. The van der Waals surface area contributed by atoms with Gasteiger partial charge in [-0.05, 0) is 51.0 Å². The Kier molecular flexibility index (Phi) is 6.41. The molecule has 1 aliphatic rings. The molecule has 0 radical (unpaired) electrons. The van der Waals surface area contributed by atoms with Gasteiger partial charge in [-0.1, -0.05) is 0 Å². The van der Waals surface area contributed by atoms with Gasteiger partial charge in [-0.2, -0.15) is 0 Å². The van der Waals surface area contributed by atoms with Gasteiger partial charge in [-0.3, -0.25) is 9.88 Å². The van der Waals surface area contributed by atoms with Crippen molar-refractivity contribution in [3.05, 3.63) is 65.5 Å². The summed E-state index contributed by atoms with van der Waals surface area (Å²) in [5, 5.41) is 4.54. The second-order valence-electron chi connectivity index (χ2n) is 9.95. The molecule has 3 aromatic heterocycles. The molecular weight excluding hydrogens is 475 g/mol. The van der Waals surface area contributed by atoms with Crippen LogP contribution in [0.25, 0.3) is 22.3 Å². The van der Waals surface area contributed by atoms with E-state index in [0.717, 1.165) is 40.4 Å². The number of anilines is 1. The first-order valence-electron chi connectivity index (χ1n) is 12.1. The van der Waals surface area contributed by atoms with Gasteiger partial charge in [0, 0.05) is 47.0 Å². The molecule has 0 atom stereocenters. The zero-order valence-electron chi connectivity index (χ0n) is 21.3. The number of pyridine rings is 1. The minimum Gasteiger partial charge on any atom is -0.497 e. The molecule has 1 aromatic carbocycles. The fraction of sp³-hybridized carbons (Fsp3) is 0.333. The molecule has 4 aromatic rings. The smallest absolute Gasteiger partial charge is 0.410 e. The van der Waals surface area contributed by atoms with Gasteiger partial charge in [0.25, 0.3) is 0 Å². The zero-order chi connectivity index (χ0) is 26.2. The van der Waals surface area contributed by atoms with Gasteiger partial charge in [-0.15, -0.1) is 0 Å². The number of amides is 1. The topological polar surface area (TPSA) is 105 Å². The quantitative estimate of drug-likeness (QED) is 0.378. The predicted octanol–water partition coefficient (Wildman–Crippen LogP) is 5.07. The Labute approximate surface area is 214 Å². The van der Waals surface area contributed by atoms with Gasteiger partial charge in [0.1, 0.15) is 23.0 Å². The van der Waals surface area contributed by atoms with Crippen molar-refractivity contribution in [1.82, 2.24) is 24.8 Å². The molecule has 5 rings (SSSR count). The predicted molar refractivity (Wildman–Crippen MR) is 138 cm³/mol. The molecule has 2 N–H and O–H groups in total. The highest BCUT2D eigenvalue weighted by molar-refractivity contribution is 5.84. The molecule has 1 aliphatic heterocycles. The van der Waals surface area contributed by atoms with Crippen LogP contribution >= 0.6 is 0 Å². The third kappa shape index (κ3) is 5.32. The van der Waals surface area contributed by atoms with Crippen LogP contribution in [-0.2, 0) is 24.2 Å². The lowest BCUT2D eigenvalue weighted by Crippen LogP contribution is -2.33. The van der Waals surface area contributed by atoms with Crippen molar-refractivity contribution in [1.29, 1.82) is 0 Å². The van der Waals surface area contributed by atoms with E-state index in [1.807, 2.05) is 45.2 Å². The van der Waals surface area contributed by atoms with E-state index >= 15 is 0 Å². The lowest BCUT2D eigenvalue weighted by atomic mass is 10.1. The SMILES string of the molecule is COc1ccc2c(CCNc3nc(-c4cncc(F)c4)nc4c3CN(C(=O)OC(C)(C)C)C4)c[nH]c2c1. The number of ether oxygens (including phenoxy) is 2. The van der Waals surface area contributed by atoms with Crippen molar-refractivity contribution in [2.24, 2.45) is 0 Å². The van der Waals surface area contributed by atoms with Crippen LogP contribution in [0.2, 0.25) is 0 Å². The van der Waals surface area contributed by atoms with Crippen LogP contribution in [-0.4, -0.2) is 50.2 Å². The van der Waals surface area contributed by atoms with Crippen LogP contribution in [0.15, 0.2) is 42.9 Å². The van der Waals surface area contributed by atoms with E-state index in [1.54, 1.807) is 12.0 Å². The van der Waals surface area contributed by atoms with Crippen molar-refractivity contribution in [2.45, 2.75) is 45.9 Å². The maximum atomic E-state index is 13.9. The number of fused-ring (bicyclic) bond motifs is 2. The van der Waals surface area contributed by atoms with Crippen molar-refractivity contribution in [2.75, 3.05) is 19.0 Å². The van der Waals surface area contributed by atoms with Gasteiger partial charge in [0.05, 0.1) is 32.1 Å². The van der Waals surface area contributed by atoms with E-state index < -0.39 is 17.5 Å². The summed E-state index contributed by atoms with van der Waals surface area (Å²) in [7, 11) is 1.65. The number of H-pyrrole nitrogens is 1. The monoisotopic (exact) mass is 504 g/mol. The fourth-order valence-electron chi connectivity index (χ4n) is 4.33. The van der Waals surface area contributed by atoms with Gasteiger partial charge >= 0.3 is 6.09 Å². The summed E-state index contributed by atoms with van der Waals surface area (Å²) < 4.78 is 24.7. The van der Waals surface area contributed by atoms with Crippen LogP contribution in [0.1, 0.15) is 37.6 Å². The number of nitrogens with one attached hydrogen (secondary N) is 2. The number of benzene rings is 1. The van der Waals surface area contributed by atoms with Gasteiger partial charge in [0.15, 0.2) is 5.82 Å². The van der Waals surface area contributed by atoms with E-state index in [9.17, 15) is 9.18 Å². The molecule has 0 saturated heterocycles. The lowest BCUT2D eigenvalue weighted by Gasteiger charge is -2.24. The molecule has 9 nitrogen and oxygen atoms in total. The maximum absolute atomic E-state index is 13.9. The molecule has 0 bridgehead atoms. The highest BCUT2D eigenvalue weighted by atomic mass is 19.1. The molecule has 10 heteroatoms. The molecule has 192 valence electrons. The van der Waals surface area contributed by atoms with Crippen LogP contribution in [0, 0.1) is 5.82 Å². The standard InChI is InChI=1S/C27H29FN6O3/c1-27(2,3)37-26(35)34-14-21-23(15-34)32-24(17-9-18(28)13-29-11-17)33-25(21)30-8-7-16-12-31-22-10-19(36-4)5-6-20(16)22/h5-6,9-13,31H,7-8,14-15H2,1-4H3,(H,30,32,33). The molecule has 0 fully saturated rings. The second-order valence-corrected chi connectivity index (χ2v) is 9.95. The zero-order valence-corrected chi connectivity index (χ0v) is 21.3. The first kappa shape index (κ1) is 24.5. The van der Waals surface area contributed by atoms with Gasteiger partial charge < -0.3 is 19.8 Å². The van der Waals surface area contributed by atoms with Crippen molar-refractivity contribution in [3.8, 4) is 17.1 Å². The molecule has 4 heterocycles. The van der Waals surface area contributed by atoms with Gasteiger partial charge in [0.2, 0.25) is 0 Å². The number of hydrogen-bond donors (Lipinski definition) is 2. The van der Waals surface area contributed by atoms with E-state index in [-0.39, 0.29) is 6.54 Å². The lowest BCUT2D eigenvalue weighted by molar-refractivity contribution is 0.0241.